The van der Waals surface area contributed by atoms with Crippen LogP contribution in [-0.4, -0.2) is 38.8 Å². The molecule has 0 atom stereocenters. The van der Waals surface area contributed by atoms with Gasteiger partial charge < -0.3 is 10.1 Å². The Labute approximate surface area is 126 Å². The fourth-order valence-corrected chi connectivity index (χ4v) is 3.38. The Kier molecular flexibility index (Phi) is 6.17. The lowest BCUT2D eigenvalue weighted by molar-refractivity contribution is -0.115. The van der Waals surface area contributed by atoms with Crippen LogP contribution in [0.5, 0.6) is 5.75 Å². The van der Waals surface area contributed by atoms with Crippen LogP contribution in [0.15, 0.2) is 23.1 Å². The zero-order valence-electron chi connectivity index (χ0n) is 12.8. The van der Waals surface area contributed by atoms with Gasteiger partial charge >= 0.3 is 0 Å². The first-order valence-corrected chi connectivity index (χ1v) is 8.32. The topological polar surface area (TPSA) is 75.7 Å². The minimum absolute atomic E-state index is 0.137. The molecule has 0 aromatic heterocycles. The van der Waals surface area contributed by atoms with Gasteiger partial charge in [-0.05, 0) is 18.2 Å². The summed E-state index contributed by atoms with van der Waals surface area (Å²) in [4.78, 5) is 11.7. The molecule has 118 valence electrons. The third-order valence-electron chi connectivity index (χ3n) is 3.11. The van der Waals surface area contributed by atoms with Crippen LogP contribution < -0.4 is 10.1 Å². The second-order valence-electron chi connectivity index (χ2n) is 4.35. The lowest BCUT2D eigenvalue weighted by atomic mass is 10.3. The van der Waals surface area contributed by atoms with Crippen molar-refractivity contribution in [2.75, 3.05) is 25.5 Å². The fourth-order valence-electron chi connectivity index (χ4n) is 1.90. The molecule has 7 heteroatoms. The molecule has 21 heavy (non-hydrogen) atoms. The van der Waals surface area contributed by atoms with E-state index < -0.39 is 10.0 Å². The van der Waals surface area contributed by atoms with Gasteiger partial charge in [0, 0.05) is 19.5 Å². The van der Waals surface area contributed by atoms with Gasteiger partial charge in [0.05, 0.1) is 17.7 Å². The molecule has 0 radical (unpaired) electrons. The lowest BCUT2D eigenvalue weighted by Crippen LogP contribution is -2.30. The second kappa shape index (κ2) is 7.42. The highest BCUT2D eigenvalue weighted by atomic mass is 32.2. The maximum absolute atomic E-state index is 12.5. The van der Waals surface area contributed by atoms with Crippen LogP contribution in [0.4, 0.5) is 5.69 Å². The number of methoxy groups -OCH3 is 1. The summed E-state index contributed by atoms with van der Waals surface area (Å²) in [6, 6.07) is 4.45. The third kappa shape index (κ3) is 3.95. The van der Waals surface area contributed by atoms with E-state index in [4.69, 9.17) is 4.74 Å². The largest absolute Gasteiger partial charge is 0.495 e. The first-order valence-electron chi connectivity index (χ1n) is 6.88. The van der Waals surface area contributed by atoms with Gasteiger partial charge in [0.15, 0.2) is 0 Å². The van der Waals surface area contributed by atoms with Gasteiger partial charge in [-0.2, -0.15) is 4.31 Å². The molecule has 0 unspecified atom stereocenters. The number of rotatable bonds is 7. The predicted molar refractivity (Wildman–Crippen MR) is 82.0 cm³/mol. The molecule has 0 fully saturated rings. The number of carbonyl (C=O) groups is 1. The van der Waals surface area contributed by atoms with Gasteiger partial charge in [-0.1, -0.05) is 20.8 Å². The Morgan fingerprint density at radius 3 is 2.33 bits per heavy atom. The summed E-state index contributed by atoms with van der Waals surface area (Å²) in [6.45, 7) is 6.07. The maximum Gasteiger partial charge on any atom is 0.243 e. The molecular formula is C14H22N2O4S. The normalized spacial score (nSPS) is 11.5. The van der Waals surface area contributed by atoms with Crippen LogP contribution in [0.3, 0.4) is 0 Å². The first kappa shape index (κ1) is 17.5. The molecule has 1 aromatic carbocycles. The summed E-state index contributed by atoms with van der Waals surface area (Å²) < 4.78 is 31.5. The summed E-state index contributed by atoms with van der Waals surface area (Å²) in [7, 11) is -2.10. The predicted octanol–water partition coefficient (Wildman–Crippen LogP) is 2.07. The molecule has 0 aliphatic heterocycles. The molecule has 0 aliphatic carbocycles. The van der Waals surface area contributed by atoms with Crippen molar-refractivity contribution in [2.45, 2.75) is 32.1 Å². The second-order valence-corrected chi connectivity index (χ2v) is 6.29. The summed E-state index contributed by atoms with van der Waals surface area (Å²) in [5, 5.41) is 2.65. The molecule has 1 rings (SSSR count). The molecule has 0 aliphatic rings. The average molecular weight is 314 g/mol. The molecular weight excluding hydrogens is 292 g/mol. The number of amides is 1. The van der Waals surface area contributed by atoms with Crippen molar-refractivity contribution < 1.29 is 17.9 Å². The van der Waals surface area contributed by atoms with Crippen molar-refractivity contribution >= 4 is 21.6 Å². The summed E-state index contributed by atoms with van der Waals surface area (Å²) in [6.07, 6.45) is 0.302. The quantitative estimate of drug-likeness (QED) is 0.836. The minimum Gasteiger partial charge on any atom is -0.495 e. The van der Waals surface area contributed by atoms with Gasteiger partial charge in [-0.3, -0.25) is 4.79 Å². The Bertz CT molecular complexity index is 595. The molecule has 6 nitrogen and oxygen atoms in total. The van der Waals surface area contributed by atoms with E-state index in [0.717, 1.165) is 0 Å². The number of ether oxygens (including phenoxy) is 1. The van der Waals surface area contributed by atoms with Gasteiger partial charge in [0.1, 0.15) is 5.75 Å². The van der Waals surface area contributed by atoms with E-state index in [-0.39, 0.29) is 10.8 Å². The van der Waals surface area contributed by atoms with Crippen LogP contribution >= 0.6 is 0 Å². The number of nitrogens with one attached hydrogen (secondary N) is 1. The summed E-state index contributed by atoms with van der Waals surface area (Å²) in [5.41, 5.74) is 0.359. The maximum atomic E-state index is 12.5. The Hall–Kier alpha value is -1.60. The standard InChI is InChI=1S/C14H22N2O4S/c1-5-14(17)15-12-10-11(8-9-13(12)20-4)21(18,19)16(6-2)7-3/h8-10H,5-7H2,1-4H3,(H,15,17). The lowest BCUT2D eigenvalue weighted by Gasteiger charge is -2.19. The van der Waals surface area contributed by atoms with Crippen molar-refractivity contribution in [2.24, 2.45) is 0 Å². The number of anilines is 1. The smallest absolute Gasteiger partial charge is 0.243 e. The van der Waals surface area contributed by atoms with Crippen LogP contribution in [0, 0.1) is 0 Å². The van der Waals surface area contributed by atoms with Crippen molar-refractivity contribution in [3.8, 4) is 5.75 Å². The number of hydrogen-bond acceptors (Lipinski definition) is 4. The third-order valence-corrected chi connectivity index (χ3v) is 5.16. The molecule has 0 spiro atoms. The molecule has 1 amide bonds. The van der Waals surface area contributed by atoms with E-state index in [9.17, 15) is 13.2 Å². The summed E-state index contributed by atoms with van der Waals surface area (Å²) >= 11 is 0. The SMILES string of the molecule is CCC(=O)Nc1cc(S(=O)(=O)N(CC)CC)ccc1OC. The molecule has 0 saturated heterocycles. The minimum atomic E-state index is -3.56. The zero-order chi connectivity index (χ0) is 16.0. The molecule has 1 N–H and O–H groups in total. The number of benzene rings is 1. The van der Waals surface area contributed by atoms with Crippen molar-refractivity contribution in [3.05, 3.63) is 18.2 Å². The van der Waals surface area contributed by atoms with Crippen LogP contribution in [-0.2, 0) is 14.8 Å². The van der Waals surface area contributed by atoms with Gasteiger partial charge in [-0.25, -0.2) is 8.42 Å². The number of nitrogens with zero attached hydrogens (tertiary/aromatic N) is 1. The van der Waals surface area contributed by atoms with Gasteiger partial charge in [0.2, 0.25) is 15.9 Å². The number of hydrogen-bond donors (Lipinski definition) is 1. The highest BCUT2D eigenvalue weighted by Crippen LogP contribution is 2.29. The Morgan fingerprint density at radius 2 is 1.86 bits per heavy atom. The Morgan fingerprint density at radius 1 is 1.24 bits per heavy atom. The fraction of sp³-hybridized carbons (Fsp3) is 0.500. The van der Waals surface area contributed by atoms with E-state index in [1.165, 1.54) is 23.5 Å². The van der Waals surface area contributed by atoms with E-state index >= 15 is 0 Å². The van der Waals surface area contributed by atoms with E-state index in [1.807, 2.05) is 0 Å². The monoisotopic (exact) mass is 314 g/mol. The summed E-state index contributed by atoms with van der Waals surface area (Å²) in [5.74, 6) is 0.223. The highest BCUT2D eigenvalue weighted by Gasteiger charge is 2.23. The van der Waals surface area contributed by atoms with E-state index in [2.05, 4.69) is 5.32 Å². The number of sulfonamides is 1. The molecule has 1 aromatic rings. The van der Waals surface area contributed by atoms with Gasteiger partial charge in [0.25, 0.3) is 0 Å². The van der Waals surface area contributed by atoms with Crippen molar-refractivity contribution in [1.29, 1.82) is 0 Å². The van der Waals surface area contributed by atoms with Crippen molar-refractivity contribution in [1.82, 2.24) is 4.31 Å². The van der Waals surface area contributed by atoms with Gasteiger partial charge in [-0.15, -0.1) is 0 Å². The van der Waals surface area contributed by atoms with E-state index in [0.29, 0.717) is 30.9 Å². The molecule has 0 bridgehead atoms. The first-order chi connectivity index (χ1) is 9.90. The number of carbonyl (C=O) groups excluding carboxylic acids is 1. The van der Waals surface area contributed by atoms with E-state index in [1.54, 1.807) is 26.8 Å². The highest BCUT2D eigenvalue weighted by molar-refractivity contribution is 7.89. The van der Waals surface area contributed by atoms with Crippen LogP contribution in [0.1, 0.15) is 27.2 Å². The Balaban J connectivity index is 3.27. The average Bonchev–Trinajstić information content (AvgIpc) is 2.47. The molecule has 0 heterocycles. The van der Waals surface area contributed by atoms with Crippen molar-refractivity contribution in [3.63, 3.8) is 0 Å². The van der Waals surface area contributed by atoms with Crippen LogP contribution in [0.25, 0.3) is 0 Å². The zero-order valence-corrected chi connectivity index (χ0v) is 13.7. The van der Waals surface area contributed by atoms with Crippen LogP contribution in [0.2, 0.25) is 0 Å². The molecule has 0 saturated carbocycles.